The van der Waals surface area contributed by atoms with Crippen LogP contribution in [-0.2, 0) is 4.79 Å². The third-order valence-electron chi connectivity index (χ3n) is 4.17. The summed E-state index contributed by atoms with van der Waals surface area (Å²) in [5.41, 5.74) is 2.69. The molecule has 0 spiro atoms. The number of carbonyl (C=O) groups excluding carboxylic acids is 2. The van der Waals surface area contributed by atoms with Gasteiger partial charge in [0.25, 0.3) is 5.91 Å². The van der Waals surface area contributed by atoms with Gasteiger partial charge in [0.1, 0.15) is 5.75 Å². The molecule has 3 aromatic rings. The van der Waals surface area contributed by atoms with Crippen molar-refractivity contribution >= 4 is 28.3 Å². The van der Waals surface area contributed by atoms with Crippen LogP contribution in [0.3, 0.4) is 0 Å². The molecule has 0 aliphatic rings. The predicted octanol–water partition coefficient (Wildman–Crippen LogP) is 4.86. The van der Waals surface area contributed by atoms with E-state index in [4.69, 9.17) is 0 Å². The van der Waals surface area contributed by atoms with E-state index in [-0.39, 0.29) is 23.3 Å². The number of amides is 2. The van der Waals surface area contributed by atoms with E-state index in [2.05, 4.69) is 20.4 Å². The molecule has 0 radical (unpaired) electrons. The molecule has 1 atom stereocenters. The lowest BCUT2D eigenvalue weighted by Gasteiger charge is -2.13. The van der Waals surface area contributed by atoms with Crippen molar-refractivity contribution in [3.05, 3.63) is 65.0 Å². The van der Waals surface area contributed by atoms with Gasteiger partial charge >= 0.3 is 6.61 Å². The Labute approximate surface area is 175 Å². The minimum atomic E-state index is -2.96. The third kappa shape index (κ3) is 5.60. The summed E-state index contributed by atoms with van der Waals surface area (Å²) >= 11 is 1.25. The zero-order valence-electron chi connectivity index (χ0n) is 16.2. The topological polar surface area (TPSA) is 80.3 Å². The molecule has 2 N–H and O–H groups in total. The van der Waals surface area contributed by atoms with Crippen LogP contribution in [0.15, 0.2) is 53.9 Å². The Balaban J connectivity index is 1.68. The van der Waals surface area contributed by atoms with Gasteiger partial charge in [-0.05, 0) is 30.7 Å². The highest BCUT2D eigenvalue weighted by Gasteiger charge is 2.13. The number of anilines is 1. The van der Waals surface area contributed by atoms with Gasteiger partial charge in [-0.3, -0.25) is 14.9 Å². The van der Waals surface area contributed by atoms with Crippen molar-refractivity contribution in [1.82, 2.24) is 10.3 Å². The van der Waals surface area contributed by atoms with Crippen molar-refractivity contribution in [2.45, 2.75) is 26.5 Å². The standard InChI is InChI=1S/C21H19F2N3O3S/c1-12(24-13(2)27)14-6-8-15(9-7-14)18-11-30-21(25-18)26-19(28)16-4-3-5-17(10-16)29-20(22)23/h3-12,20H,1-2H3,(H,24,27)(H,25,26,28). The summed E-state index contributed by atoms with van der Waals surface area (Å²) in [5, 5.41) is 7.67. The summed E-state index contributed by atoms with van der Waals surface area (Å²) < 4.78 is 29.0. The van der Waals surface area contributed by atoms with Crippen molar-refractivity contribution in [2.75, 3.05) is 5.32 Å². The first-order chi connectivity index (χ1) is 14.3. The van der Waals surface area contributed by atoms with Crippen LogP contribution in [0.5, 0.6) is 5.75 Å². The van der Waals surface area contributed by atoms with Crippen LogP contribution in [0.25, 0.3) is 11.3 Å². The molecule has 3 rings (SSSR count). The van der Waals surface area contributed by atoms with Crippen molar-refractivity contribution in [3.63, 3.8) is 0 Å². The number of benzene rings is 2. The van der Waals surface area contributed by atoms with E-state index in [1.54, 1.807) is 5.38 Å². The van der Waals surface area contributed by atoms with Gasteiger partial charge < -0.3 is 10.1 Å². The second kappa shape index (κ2) is 9.45. The van der Waals surface area contributed by atoms with Gasteiger partial charge in [-0.2, -0.15) is 8.78 Å². The highest BCUT2D eigenvalue weighted by Crippen LogP contribution is 2.27. The van der Waals surface area contributed by atoms with Gasteiger partial charge in [0, 0.05) is 23.4 Å². The molecule has 9 heteroatoms. The number of thiazole rings is 1. The van der Waals surface area contributed by atoms with E-state index in [0.717, 1.165) is 11.1 Å². The van der Waals surface area contributed by atoms with Crippen LogP contribution in [0, 0.1) is 0 Å². The van der Waals surface area contributed by atoms with Gasteiger partial charge in [-0.15, -0.1) is 11.3 Å². The number of alkyl halides is 2. The molecule has 1 unspecified atom stereocenters. The second-order valence-electron chi connectivity index (χ2n) is 6.44. The fourth-order valence-electron chi connectivity index (χ4n) is 2.78. The molecule has 0 fully saturated rings. The zero-order chi connectivity index (χ0) is 21.7. The Morgan fingerprint density at radius 3 is 2.53 bits per heavy atom. The van der Waals surface area contributed by atoms with Crippen LogP contribution in [0.2, 0.25) is 0 Å². The summed E-state index contributed by atoms with van der Waals surface area (Å²) in [6.07, 6.45) is 0. The average Bonchev–Trinajstić information content (AvgIpc) is 3.15. The lowest BCUT2D eigenvalue weighted by atomic mass is 10.1. The maximum atomic E-state index is 12.4. The molecule has 0 saturated carbocycles. The quantitative estimate of drug-likeness (QED) is 0.560. The number of nitrogens with zero attached hydrogens (tertiary/aromatic N) is 1. The fourth-order valence-corrected chi connectivity index (χ4v) is 3.49. The molecule has 30 heavy (non-hydrogen) atoms. The summed E-state index contributed by atoms with van der Waals surface area (Å²) in [6, 6.07) is 13.0. The Hall–Kier alpha value is -3.33. The average molecular weight is 431 g/mol. The lowest BCUT2D eigenvalue weighted by molar-refractivity contribution is -0.119. The second-order valence-corrected chi connectivity index (χ2v) is 7.30. The predicted molar refractivity (Wildman–Crippen MR) is 111 cm³/mol. The summed E-state index contributed by atoms with van der Waals surface area (Å²) in [4.78, 5) is 28.0. The van der Waals surface area contributed by atoms with Gasteiger partial charge in [-0.25, -0.2) is 4.98 Å². The van der Waals surface area contributed by atoms with Crippen LogP contribution in [0.1, 0.15) is 35.8 Å². The highest BCUT2D eigenvalue weighted by atomic mass is 32.1. The molecule has 1 aromatic heterocycles. The van der Waals surface area contributed by atoms with Crippen molar-refractivity contribution in [3.8, 4) is 17.0 Å². The Morgan fingerprint density at radius 2 is 1.87 bits per heavy atom. The van der Waals surface area contributed by atoms with Crippen LogP contribution in [-0.4, -0.2) is 23.4 Å². The first-order valence-corrected chi connectivity index (χ1v) is 9.89. The molecule has 1 heterocycles. The Bertz CT molecular complexity index is 1040. The van der Waals surface area contributed by atoms with Gasteiger partial charge in [-0.1, -0.05) is 30.3 Å². The number of hydrogen-bond donors (Lipinski definition) is 2. The number of hydrogen-bond acceptors (Lipinski definition) is 5. The summed E-state index contributed by atoms with van der Waals surface area (Å²) in [6.45, 7) is 0.407. The van der Waals surface area contributed by atoms with E-state index in [1.165, 1.54) is 42.5 Å². The normalized spacial score (nSPS) is 11.8. The van der Waals surface area contributed by atoms with E-state index in [9.17, 15) is 18.4 Å². The van der Waals surface area contributed by atoms with Crippen LogP contribution in [0.4, 0.5) is 13.9 Å². The molecule has 2 aromatic carbocycles. The number of rotatable bonds is 7. The van der Waals surface area contributed by atoms with Crippen LogP contribution < -0.4 is 15.4 Å². The maximum absolute atomic E-state index is 12.4. The minimum Gasteiger partial charge on any atom is -0.435 e. The third-order valence-corrected chi connectivity index (χ3v) is 4.93. The number of carbonyl (C=O) groups is 2. The molecule has 0 aliphatic heterocycles. The molecule has 0 saturated heterocycles. The molecule has 0 bridgehead atoms. The van der Waals surface area contributed by atoms with Crippen LogP contribution >= 0.6 is 11.3 Å². The lowest BCUT2D eigenvalue weighted by Crippen LogP contribution is -2.23. The number of nitrogens with one attached hydrogen (secondary N) is 2. The Kier molecular flexibility index (Phi) is 6.73. The molecule has 0 aliphatic carbocycles. The summed E-state index contributed by atoms with van der Waals surface area (Å²) in [7, 11) is 0. The molecule has 6 nitrogen and oxygen atoms in total. The molecular formula is C21H19F2N3O3S. The number of ether oxygens (including phenoxy) is 1. The van der Waals surface area contributed by atoms with Gasteiger partial charge in [0.15, 0.2) is 5.13 Å². The summed E-state index contributed by atoms with van der Waals surface area (Å²) in [5.74, 6) is -0.668. The molecule has 2 amide bonds. The van der Waals surface area contributed by atoms with E-state index in [0.29, 0.717) is 10.8 Å². The fraction of sp³-hybridized carbons (Fsp3) is 0.190. The number of aromatic nitrogens is 1. The highest BCUT2D eigenvalue weighted by molar-refractivity contribution is 7.14. The molecular weight excluding hydrogens is 412 g/mol. The first-order valence-electron chi connectivity index (χ1n) is 9.01. The largest absolute Gasteiger partial charge is 0.435 e. The van der Waals surface area contributed by atoms with Crippen molar-refractivity contribution in [2.24, 2.45) is 0 Å². The van der Waals surface area contributed by atoms with E-state index < -0.39 is 12.5 Å². The zero-order valence-corrected chi connectivity index (χ0v) is 17.0. The smallest absolute Gasteiger partial charge is 0.387 e. The Morgan fingerprint density at radius 1 is 1.13 bits per heavy atom. The van der Waals surface area contributed by atoms with E-state index in [1.807, 2.05) is 31.2 Å². The van der Waals surface area contributed by atoms with Crippen molar-refractivity contribution in [1.29, 1.82) is 0 Å². The monoisotopic (exact) mass is 431 g/mol. The van der Waals surface area contributed by atoms with Gasteiger partial charge in [0.2, 0.25) is 5.91 Å². The SMILES string of the molecule is CC(=O)NC(C)c1ccc(-c2csc(NC(=O)c3cccc(OC(F)F)c3)n2)cc1. The van der Waals surface area contributed by atoms with Crippen molar-refractivity contribution < 1.29 is 23.1 Å². The maximum Gasteiger partial charge on any atom is 0.387 e. The van der Waals surface area contributed by atoms with E-state index >= 15 is 0 Å². The first kappa shape index (κ1) is 21.4. The molecule has 156 valence electrons. The number of halogens is 2. The van der Waals surface area contributed by atoms with Gasteiger partial charge in [0.05, 0.1) is 11.7 Å². The minimum absolute atomic E-state index is 0.0916.